The Hall–Kier alpha value is -2.13. The van der Waals surface area contributed by atoms with Crippen LogP contribution < -0.4 is 5.32 Å². The fraction of sp³-hybridized carbons (Fsp3) is 0.263. The molecule has 1 aliphatic rings. The van der Waals surface area contributed by atoms with Crippen molar-refractivity contribution in [1.29, 1.82) is 0 Å². The zero-order valence-electron chi connectivity index (χ0n) is 13.0. The van der Waals surface area contributed by atoms with Crippen LogP contribution in [0.1, 0.15) is 28.7 Å². The summed E-state index contributed by atoms with van der Waals surface area (Å²) in [6.45, 7) is 1.94. The van der Waals surface area contributed by atoms with Crippen LogP contribution in [0.2, 0.25) is 5.02 Å². The molecule has 1 N–H and O–H groups in total. The average Bonchev–Trinajstić information content (AvgIpc) is 2.51. The van der Waals surface area contributed by atoms with E-state index in [2.05, 4.69) is 5.32 Å². The zero-order valence-corrected chi connectivity index (χ0v) is 13.7. The lowest BCUT2D eigenvalue weighted by Crippen LogP contribution is -2.19. The van der Waals surface area contributed by atoms with Crippen molar-refractivity contribution in [3.05, 3.63) is 63.7 Å². The molecule has 0 aliphatic carbocycles. The average molecular weight is 328 g/mol. The summed E-state index contributed by atoms with van der Waals surface area (Å²) in [6, 6.07) is 11.5. The molecule has 3 nitrogen and oxygen atoms in total. The number of nitrogens with one attached hydrogen (secondary N) is 1. The molecule has 3 rings (SSSR count). The second-order valence-electron chi connectivity index (χ2n) is 6.02. The lowest BCUT2D eigenvalue weighted by atomic mass is 9.96. The third-order valence-electron chi connectivity index (χ3n) is 4.09. The third kappa shape index (κ3) is 3.80. The van der Waals surface area contributed by atoms with Crippen molar-refractivity contribution in [1.82, 2.24) is 0 Å². The molecule has 0 unspecified atom stereocenters. The Labute approximate surface area is 140 Å². The zero-order chi connectivity index (χ0) is 16.4. The fourth-order valence-electron chi connectivity index (χ4n) is 2.88. The highest BCUT2D eigenvalue weighted by molar-refractivity contribution is 6.31. The van der Waals surface area contributed by atoms with Crippen molar-refractivity contribution in [2.24, 2.45) is 0 Å². The van der Waals surface area contributed by atoms with Crippen molar-refractivity contribution in [2.75, 3.05) is 5.32 Å². The van der Waals surface area contributed by atoms with Crippen molar-refractivity contribution < 1.29 is 9.59 Å². The highest BCUT2D eigenvalue weighted by Crippen LogP contribution is 2.24. The first-order valence-corrected chi connectivity index (χ1v) is 8.07. The number of benzene rings is 2. The molecule has 0 aromatic heterocycles. The highest BCUT2D eigenvalue weighted by Gasteiger charge is 2.15. The van der Waals surface area contributed by atoms with Gasteiger partial charge in [-0.25, -0.2) is 0 Å². The molecule has 0 spiro atoms. The fourth-order valence-corrected chi connectivity index (χ4v) is 3.00. The molecule has 2 aromatic carbocycles. The number of fused-ring (bicyclic) bond motifs is 1. The van der Waals surface area contributed by atoms with Gasteiger partial charge in [-0.05, 0) is 47.7 Å². The summed E-state index contributed by atoms with van der Waals surface area (Å²) in [4.78, 5) is 23.7. The van der Waals surface area contributed by atoms with E-state index >= 15 is 0 Å². The Morgan fingerprint density at radius 2 is 1.78 bits per heavy atom. The lowest BCUT2D eigenvalue weighted by molar-refractivity contribution is -0.118. The molecule has 2 aromatic rings. The van der Waals surface area contributed by atoms with E-state index in [1.807, 2.05) is 43.3 Å². The second kappa shape index (κ2) is 6.55. The number of Topliss-reactive ketones (excluding diaryl/α,β-unsaturated/α-hetero) is 1. The van der Waals surface area contributed by atoms with E-state index in [1.165, 1.54) is 0 Å². The van der Waals surface area contributed by atoms with Gasteiger partial charge in [0, 0.05) is 30.0 Å². The lowest BCUT2D eigenvalue weighted by Gasteiger charge is -2.17. The smallest absolute Gasteiger partial charge is 0.224 e. The summed E-state index contributed by atoms with van der Waals surface area (Å²) in [5, 5.41) is 3.58. The molecular formula is C19H18ClNO2. The quantitative estimate of drug-likeness (QED) is 0.926. The van der Waals surface area contributed by atoms with Crippen LogP contribution in [0.15, 0.2) is 36.4 Å². The van der Waals surface area contributed by atoms with E-state index in [0.29, 0.717) is 19.3 Å². The normalized spacial score (nSPS) is 13.4. The topological polar surface area (TPSA) is 46.2 Å². The predicted octanol–water partition coefficient (Wildman–Crippen LogP) is 3.89. The maximum absolute atomic E-state index is 12.3. The summed E-state index contributed by atoms with van der Waals surface area (Å²) < 4.78 is 0. The van der Waals surface area contributed by atoms with Crippen molar-refractivity contribution in [2.45, 2.75) is 32.6 Å². The monoisotopic (exact) mass is 327 g/mol. The first kappa shape index (κ1) is 15.8. The number of anilines is 1. The Morgan fingerprint density at radius 1 is 1.09 bits per heavy atom. The number of aryl methyl sites for hydroxylation is 2. The molecule has 118 valence electrons. The van der Waals surface area contributed by atoms with Crippen LogP contribution in [0, 0.1) is 6.92 Å². The van der Waals surface area contributed by atoms with Gasteiger partial charge >= 0.3 is 0 Å². The van der Waals surface area contributed by atoms with Gasteiger partial charge in [-0.1, -0.05) is 35.9 Å². The van der Waals surface area contributed by atoms with Gasteiger partial charge in [0.05, 0.1) is 0 Å². The molecule has 4 heteroatoms. The van der Waals surface area contributed by atoms with Gasteiger partial charge in [-0.15, -0.1) is 0 Å². The SMILES string of the molecule is Cc1cc(CC(=O)Cc2ccc3c(c2)CCC(=O)N3)ccc1Cl. The van der Waals surface area contributed by atoms with Gasteiger partial charge < -0.3 is 5.32 Å². The van der Waals surface area contributed by atoms with E-state index in [0.717, 1.165) is 39.4 Å². The summed E-state index contributed by atoms with van der Waals surface area (Å²) in [5.41, 5.74) is 4.95. The molecule has 23 heavy (non-hydrogen) atoms. The van der Waals surface area contributed by atoms with Crippen LogP contribution in [-0.4, -0.2) is 11.7 Å². The molecular weight excluding hydrogens is 310 g/mol. The van der Waals surface area contributed by atoms with Gasteiger partial charge in [-0.2, -0.15) is 0 Å². The van der Waals surface area contributed by atoms with Crippen LogP contribution in [0.25, 0.3) is 0 Å². The minimum atomic E-state index is 0.0550. The maximum atomic E-state index is 12.3. The van der Waals surface area contributed by atoms with Gasteiger partial charge in [0.15, 0.2) is 0 Å². The number of amides is 1. The van der Waals surface area contributed by atoms with Crippen LogP contribution in [-0.2, 0) is 28.9 Å². The van der Waals surface area contributed by atoms with Gasteiger partial charge in [0.2, 0.25) is 5.91 Å². The molecule has 1 aliphatic heterocycles. The van der Waals surface area contributed by atoms with Crippen LogP contribution in [0.4, 0.5) is 5.69 Å². The molecule has 1 amide bonds. The van der Waals surface area contributed by atoms with Crippen molar-refractivity contribution in [3.8, 4) is 0 Å². The van der Waals surface area contributed by atoms with Crippen LogP contribution >= 0.6 is 11.6 Å². The first-order chi connectivity index (χ1) is 11.0. The predicted molar refractivity (Wildman–Crippen MR) is 92.0 cm³/mol. The van der Waals surface area contributed by atoms with Gasteiger partial charge in [0.25, 0.3) is 0 Å². The Balaban J connectivity index is 1.68. The van der Waals surface area contributed by atoms with Gasteiger partial charge in [-0.3, -0.25) is 9.59 Å². The number of hydrogen-bond donors (Lipinski definition) is 1. The summed E-state index contributed by atoms with van der Waals surface area (Å²) in [5.74, 6) is 0.228. The number of rotatable bonds is 4. The summed E-state index contributed by atoms with van der Waals surface area (Å²) in [7, 11) is 0. The van der Waals surface area contributed by atoms with E-state index in [1.54, 1.807) is 0 Å². The number of ketones is 1. The Morgan fingerprint density at radius 3 is 2.52 bits per heavy atom. The third-order valence-corrected chi connectivity index (χ3v) is 4.51. The molecule has 0 atom stereocenters. The molecule has 0 saturated carbocycles. The molecule has 0 saturated heterocycles. The second-order valence-corrected chi connectivity index (χ2v) is 6.42. The first-order valence-electron chi connectivity index (χ1n) is 7.69. The van der Waals surface area contributed by atoms with E-state index in [4.69, 9.17) is 11.6 Å². The van der Waals surface area contributed by atoms with Crippen LogP contribution in [0.5, 0.6) is 0 Å². The Bertz CT molecular complexity index is 783. The largest absolute Gasteiger partial charge is 0.326 e. The maximum Gasteiger partial charge on any atom is 0.224 e. The molecule has 0 fully saturated rings. The number of carbonyl (C=O) groups excluding carboxylic acids is 2. The number of hydrogen-bond acceptors (Lipinski definition) is 2. The van der Waals surface area contributed by atoms with Crippen molar-refractivity contribution >= 4 is 29.0 Å². The highest BCUT2D eigenvalue weighted by atomic mass is 35.5. The van der Waals surface area contributed by atoms with E-state index < -0.39 is 0 Å². The van der Waals surface area contributed by atoms with Gasteiger partial charge in [0.1, 0.15) is 5.78 Å². The van der Waals surface area contributed by atoms with E-state index in [9.17, 15) is 9.59 Å². The van der Waals surface area contributed by atoms with E-state index in [-0.39, 0.29) is 11.7 Å². The standard InChI is InChI=1S/C19H18ClNO2/c1-12-8-13(2-5-17(12)20)10-16(22)11-14-3-6-18-15(9-14)4-7-19(23)21-18/h2-3,5-6,8-9H,4,7,10-11H2,1H3,(H,21,23). The molecule has 0 bridgehead atoms. The minimum absolute atomic E-state index is 0.0550. The van der Waals surface area contributed by atoms with Crippen LogP contribution in [0.3, 0.4) is 0 Å². The van der Waals surface area contributed by atoms with Crippen molar-refractivity contribution in [3.63, 3.8) is 0 Å². The molecule has 1 heterocycles. The number of halogens is 1. The number of carbonyl (C=O) groups is 2. The minimum Gasteiger partial charge on any atom is -0.326 e. The summed E-state index contributed by atoms with van der Waals surface area (Å²) in [6.07, 6.45) is 2.06. The summed E-state index contributed by atoms with van der Waals surface area (Å²) >= 11 is 6.01. The molecule has 0 radical (unpaired) electrons. The Kier molecular flexibility index (Phi) is 4.49.